The third-order valence-electron chi connectivity index (χ3n) is 5.37. The summed E-state index contributed by atoms with van der Waals surface area (Å²) in [4.78, 5) is 40.4. The maximum atomic E-state index is 13.3. The number of hydrogen-bond acceptors (Lipinski definition) is 3. The third-order valence-corrected chi connectivity index (χ3v) is 5.37. The fourth-order valence-electron chi connectivity index (χ4n) is 3.94. The quantitative estimate of drug-likeness (QED) is 0.813. The molecule has 0 radical (unpaired) electrons. The van der Waals surface area contributed by atoms with Gasteiger partial charge in [0.05, 0.1) is 0 Å². The molecule has 148 valence electrons. The van der Waals surface area contributed by atoms with Gasteiger partial charge < -0.3 is 9.80 Å². The molecule has 4 amide bonds. The van der Waals surface area contributed by atoms with E-state index < -0.39 is 24.0 Å². The van der Waals surface area contributed by atoms with Gasteiger partial charge in [-0.05, 0) is 37.8 Å². The number of aromatic nitrogens is 1. The Morgan fingerprint density at radius 2 is 1.85 bits per heavy atom. The predicted molar refractivity (Wildman–Crippen MR) is 93.4 cm³/mol. The van der Waals surface area contributed by atoms with E-state index in [1.165, 1.54) is 24.0 Å². The summed E-state index contributed by atoms with van der Waals surface area (Å²) >= 11 is 0. The molecule has 0 atom stereocenters. The maximum absolute atomic E-state index is 13.3. The van der Waals surface area contributed by atoms with Crippen LogP contribution in [0.1, 0.15) is 49.4 Å². The molecule has 27 heavy (non-hydrogen) atoms. The number of piperidine rings is 1. The normalized spacial score (nSPS) is 19.5. The van der Waals surface area contributed by atoms with E-state index in [-0.39, 0.29) is 43.5 Å². The Labute approximate surface area is 156 Å². The molecule has 0 saturated carbocycles. The van der Waals surface area contributed by atoms with Crippen LogP contribution >= 0.6 is 0 Å². The number of hydrogen-bond donors (Lipinski definition) is 1. The molecular formula is C18H24F2N4O3. The van der Waals surface area contributed by atoms with Crippen molar-refractivity contribution in [2.45, 2.75) is 45.7 Å². The molecule has 1 spiro atoms. The zero-order valence-electron chi connectivity index (χ0n) is 15.7. The van der Waals surface area contributed by atoms with Crippen LogP contribution in [0, 0.1) is 12.8 Å². The summed E-state index contributed by atoms with van der Waals surface area (Å²) in [5, 5.41) is 2.38. The van der Waals surface area contributed by atoms with Crippen molar-refractivity contribution in [1.29, 1.82) is 0 Å². The number of aryl methyl sites for hydroxylation is 1. The summed E-state index contributed by atoms with van der Waals surface area (Å²) in [6, 6.07) is 2.47. The van der Waals surface area contributed by atoms with Crippen LogP contribution in [0.5, 0.6) is 0 Å². The lowest BCUT2D eigenvalue weighted by atomic mass is 9.85. The number of carbonyl (C=O) groups is 3. The molecule has 0 unspecified atom stereocenters. The van der Waals surface area contributed by atoms with Crippen LogP contribution in [0.15, 0.2) is 12.1 Å². The molecule has 2 aliphatic rings. The van der Waals surface area contributed by atoms with Crippen molar-refractivity contribution in [1.82, 2.24) is 19.7 Å². The zero-order valence-corrected chi connectivity index (χ0v) is 15.7. The highest BCUT2D eigenvalue weighted by atomic mass is 19.3. The second kappa shape index (κ2) is 6.94. The van der Waals surface area contributed by atoms with Gasteiger partial charge in [-0.3, -0.25) is 19.5 Å². The first-order valence-corrected chi connectivity index (χ1v) is 9.05. The molecular weight excluding hydrogens is 358 g/mol. The van der Waals surface area contributed by atoms with E-state index >= 15 is 0 Å². The molecule has 2 saturated heterocycles. The van der Waals surface area contributed by atoms with Crippen LogP contribution < -0.4 is 5.32 Å². The first-order chi connectivity index (χ1) is 12.7. The minimum Gasteiger partial charge on any atom is -0.337 e. The standard InChI is InChI=1S/C18H24F2N4O3/c1-11(2)10-23-17(27)21-15(26)18(23)6-8-22(9-7-18)14(25)13-5-4-12(3)24(13)16(19)20/h4-5,11,16H,6-10H2,1-3H3,(H,21,26,27). The highest BCUT2D eigenvalue weighted by Crippen LogP contribution is 2.34. The van der Waals surface area contributed by atoms with Gasteiger partial charge in [-0.25, -0.2) is 4.79 Å². The monoisotopic (exact) mass is 382 g/mol. The van der Waals surface area contributed by atoms with Gasteiger partial charge in [-0.15, -0.1) is 0 Å². The summed E-state index contributed by atoms with van der Waals surface area (Å²) in [6.07, 6.45) is 0.578. The van der Waals surface area contributed by atoms with Crippen LogP contribution in [0.3, 0.4) is 0 Å². The van der Waals surface area contributed by atoms with Crippen molar-refractivity contribution < 1.29 is 23.2 Å². The van der Waals surface area contributed by atoms with Gasteiger partial charge in [0.25, 0.3) is 11.8 Å². The SMILES string of the molecule is Cc1ccc(C(=O)N2CCC3(CC2)C(=O)NC(=O)N3CC(C)C)n1C(F)F. The molecule has 0 aromatic carbocycles. The number of urea groups is 1. The van der Waals surface area contributed by atoms with Crippen LogP contribution in [0.25, 0.3) is 0 Å². The van der Waals surface area contributed by atoms with Crippen molar-refractivity contribution in [3.63, 3.8) is 0 Å². The molecule has 3 rings (SSSR count). The maximum Gasteiger partial charge on any atom is 0.325 e. The number of rotatable bonds is 4. The fraction of sp³-hybridized carbons (Fsp3) is 0.611. The number of amides is 4. The molecule has 1 aromatic heterocycles. The van der Waals surface area contributed by atoms with Crippen molar-refractivity contribution in [2.24, 2.45) is 5.92 Å². The molecule has 7 nitrogen and oxygen atoms in total. The van der Waals surface area contributed by atoms with E-state index in [0.29, 0.717) is 16.8 Å². The summed E-state index contributed by atoms with van der Waals surface area (Å²) < 4.78 is 27.2. The molecule has 1 N–H and O–H groups in total. The Morgan fingerprint density at radius 3 is 2.41 bits per heavy atom. The Kier molecular flexibility index (Phi) is 4.96. The van der Waals surface area contributed by atoms with Gasteiger partial charge in [0.1, 0.15) is 11.2 Å². The van der Waals surface area contributed by atoms with E-state index in [0.717, 1.165) is 0 Å². The lowest BCUT2D eigenvalue weighted by Crippen LogP contribution is -2.58. The number of nitrogens with one attached hydrogen (secondary N) is 1. The van der Waals surface area contributed by atoms with E-state index in [2.05, 4.69) is 5.32 Å². The Bertz CT molecular complexity index is 767. The van der Waals surface area contributed by atoms with Crippen LogP contribution in [0.4, 0.5) is 13.6 Å². The van der Waals surface area contributed by atoms with Crippen molar-refractivity contribution in [2.75, 3.05) is 19.6 Å². The van der Waals surface area contributed by atoms with Gasteiger partial charge in [0.2, 0.25) is 0 Å². The van der Waals surface area contributed by atoms with E-state index in [1.54, 1.807) is 4.90 Å². The van der Waals surface area contributed by atoms with Crippen molar-refractivity contribution >= 4 is 17.8 Å². The smallest absolute Gasteiger partial charge is 0.325 e. The first kappa shape index (κ1) is 19.3. The Hall–Kier alpha value is -2.45. The van der Waals surface area contributed by atoms with Crippen molar-refractivity contribution in [3.8, 4) is 0 Å². The topological polar surface area (TPSA) is 74.7 Å². The highest BCUT2D eigenvalue weighted by molar-refractivity contribution is 6.07. The predicted octanol–water partition coefficient (Wildman–Crippen LogP) is 2.37. The molecule has 0 bridgehead atoms. The van der Waals surface area contributed by atoms with Gasteiger partial charge in [-0.2, -0.15) is 8.78 Å². The number of carbonyl (C=O) groups excluding carboxylic acids is 3. The van der Waals surface area contributed by atoms with Gasteiger partial charge in [0, 0.05) is 25.3 Å². The Morgan fingerprint density at radius 1 is 1.22 bits per heavy atom. The summed E-state index contributed by atoms with van der Waals surface area (Å²) in [5.74, 6) is -0.638. The average Bonchev–Trinajstić information content (AvgIpc) is 3.09. The second-order valence-electron chi connectivity index (χ2n) is 7.60. The van der Waals surface area contributed by atoms with Crippen LogP contribution in [-0.2, 0) is 4.79 Å². The molecule has 9 heteroatoms. The minimum atomic E-state index is -2.80. The first-order valence-electron chi connectivity index (χ1n) is 9.05. The Balaban J connectivity index is 1.78. The van der Waals surface area contributed by atoms with Crippen LogP contribution in [-0.4, -0.2) is 57.4 Å². The lowest BCUT2D eigenvalue weighted by Gasteiger charge is -2.42. The largest absolute Gasteiger partial charge is 0.337 e. The number of halogens is 2. The van der Waals surface area contributed by atoms with Gasteiger partial charge in [0.15, 0.2) is 0 Å². The molecule has 3 heterocycles. The third kappa shape index (κ3) is 3.19. The number of alkyl halides is 2. The molecule has 2 aliphatic heterocycles. The van der Waals surface area contributed by atoms with Crippen molar-refractivity contribution in [3.05, 3.63) is 23.5 Å². The highest BCUT2D eigenvalue weighted by Gasteiger charge is 2.54. The number of imide groups is 1. The summed E-state index contributed by atoms with van der Waals surface area (Å²) in [6.45, 7) is 3.54. The van der Waals surface area contributed by atoms with E-state index in [9.17, 15) is 23.2 Å². The van der Waals surface area contributed by atoms with Crippen LogP contribution in [0.2, 0.25) is 0 Å². The van der Waals surface area contributed by atoms with Gasteiger partial charge in [-0.1, -0.05) is 13.8 Å². The number of likely N-dealkylation sites (tertiary alicyclic amines) is 1. The molecule has 0 aliphatic carbocycles. The fourth-order valence-corrected chi connectivity index (χ4v) is 3.94. The lowest BCUT2D eigenvalue weighted by molar-refractivity contribution is -0.129. The number of nitrogens with zero attached hydrogens (tertiary/aromatic N) is 3. The average molecular weight is 382 g/mol. The molecule has 2 fully saturated rings. The summed E-state index contributed by atoms with van der Waals surface area (Å²) in [5.41, 5.74) is -0.714. The second-order valence-corrected chi connectivity index (χ2v) is 7.60. The van der Waals surface area contributed by atoms with E-state index in [1.807, 2.05) is 13.8 Å². The zero-order chi connectivity index (χ0) is 19.9. The summed E-state index contributed by atoms with van der Waals surface area (Å²) in [7, 11) is 0. The minimum absolute atomic E-state index is 0.0653. The molecule has 1 aromatic rings. The van der Waals surface area contributed by atoms with Gasteiger partial charge >= 0.3 is 12.6 Å². The van der Waals surface area contributed by atoms with E-state index in [4.69, 9.17) is 0 Å².